The minimum Gasteiger partial charge on any atom is -0.342 e. The molecule has 0 unspecified atom stereocenters. The lowest BCUT2D eigenvalue weighted by atomic mass is 10.2. The van der Waals surface area contributed by atoms with Crippen molar-refractivity contribution in [1.29, 1.82) is 0 Å². The highest BCUT2D eigenvalue weighted by Gasteiger charge is 2.09. The standard InChI is InChI=1S/C12H13ClN2S2/c1-3-4-10-14-11(7(2)12(16)15-10)8-5-6-9(13)17-8/h5-6H,3-4H2,1-2H3,(H,14,15,16). The number of hydrogen-bond acceptors (Lipinski definition) is 3. The molecule has 0 amide bonds. The van der Waals surface area contributed by atoms with E-state index in [1.807, 2.05) is 19.1 Å². The van der Waals surface area contributed by atoms with Gasteiger partial charge in [0, 0.05) is 12.0 Å². The Hall–Kier alpha value is -0.710. The van der Waals surface area contributed by atoms with Gasteiger partial charge < -0.3 is 4.98 Å². The van der Waals surface area contributed by atoms with Crippen molar-refractivity contribution >= 4 is 35.2 Å². The number of thiophene rings is 1. The number of aromatic nitrogens is 2. The molecule has 2 heterocycles. The highest BCUT2D eigenvalue weighted by molar-refractivity contribution is 7.71. The smallest absolute Gasteiger partial charge is 0.133 e. The quantitative estimate of drug-likeness (QED) is 0.822. The molecule has 2 aromatic heterocycles. The van der Waals surface area contributed by atoms with Crippen molar-refractivity contribution in [2.24, 2.45) is 0 Å². The molecule has 0 aliphatic heterocycles. The molecule has 0 saturated heterocycles. The number of nitrogens with zero attached hydrogens (tertiary/aromatic N) is 1. The average Bonchev–Trinajstić information content (AvgIpc) is 2.70. The van der Waals surface area contributed by atoms with Crippen LogP contribution in [0.15, 0.2) is 12.1 Å². The van der Waals surface area contributed by atoms with Crippen molar-refractivity contribution in [2.75, 3.05) is 0 Å². The van der Waals surface area contributed by atoms with Crippen molar-refractivity contribution in [3.05, 3.63) is 32.5 Å². The summed E-state index contributed by atoms with van der Waals surface area (Å²) < 4.78 is 1.46. The van der Waals surface area contributed by atoms with Crippen LogP contribution in [0.4, 0.5) is 0 Å². The molecular formula is C12H13ClN2S2. The van der Waals surface area contributed by atoms with Gasteiger partial charge in [-0.25, -0.2) is 4.98 Å². The lowest BCUT2D eigenvalue weighted by molar-refractivity contribution is 0.830. The van der Waals surface area contributed by atoms with Crippen LogP contribution in [0.3, 0.4) is 0 Å². The Kier molecular flexibility index (Phi) is 3.97. The van der Waals surface area contributed by atoms with Crippen LogP contribution in [0.1, 0.15) is 24.7 Å². The minimum atomic E-state index is 0.673. The van der Waals surface area contributed by atoms with Crippen LogP contribution < -0.4 is 0 Å². The van der Waals surface area contributed by atoms with E-state index in [4.69, 9.17) is 23.8 Å². The summed E-state index contributed by atoms with van der Waals surface area (Å²) in [6, 6.07) is 3.91. The fraction of sp³-hybridized carbons (Fsp3) is 0.333. The van der Waals surface area contributed by atoms with E-state index in [1.54, 1.807) is 11.3 Å². The number of aryl methyl sites for hydroxylation is 1. The average molecular weight is 285 g/mol. The molecule has 0 radical (unpaired) electrons. The van der Waals surface area contributed by atoms with Crippen molar-refractivity contribution in [3.8, 4) is 10.6 Å². The lowest BCUT2D eigenvalue weighted by Crippen LogP contribution is -1.99. The normalized spacial score (nSPS) is 10.8. The van der Waals surface area contributed by atoms with Gasteiger partial charge in [-0.2, -0.15) is 0 Å². The summed E-state index contributed by atoms with van der Waals surface area (Å²) in [5.74, 6) is 0.947. The Morgan fingerprint density at radius 2 is 2.24 bits per heavy atom. The van der Waals surface area contributed by atoms with Crippen LogP contribution in [0, 0.1) is 11.6 Å². The maximum absolute atomic E-state index is 5.97. The highest BCUT2D eigenvalue weighted by Crippen LogP contribution is 2.31. The SMILES string of the molecule is CCCc1nc(=S)c(C)c(-c2ccc(Cl)s2)[nH]1. The van der Waals surface area contributed by atoms with Gasteiger partial charge >= 0.3 is 0 Å². The molecule has 17 heavy (non-hydrogen) atoms. The largest absolute Gasteiger partial charge is 0.342 e. The molecule has 2 nitrogen and oxygen atoms in total. The predicted octanol–water partition coefficient (Wildman–Crippen LogP) is 4.78. The van der Waals surface area contributed by atoms with E-state index in [-0.39, 0.29) is 0 Å². The van der Waals surface area contributed by atoms with Crippen LogP contribution in [-0.4, -0.2) is 9.97 Å². The zero-order chi connectivity index (χ0) is 12.4. The second kappa shape index (κ2) is 5.29. The fourth-order valence-corrected chi connectivity index (χ4v) is 2.94. The third-order valence-electron chi connectivity index (χ3n) is 2.51. The summed E-state index contributed by atoms with van der Waals surface area (Å²) in [6.07, 6.45) is 1.96. The number of aromatic amines is 1. The van der Waals surface area contributed by atoms with E-state index in [0.717, 1.165) is 39.1 Å². The molecule has 0 saturated carbocycles. The van der Waals surface area contributed by atoms with Crippen LogP contribution in [-0.2, 0) is 6.42 Å². The number of hydrogen-bond donors (Lipinski definition) is 1. The molecule has 0 aromatic carbocycles. The predicted molar refractivity (Wildman–Crippen MR) is 76.5 cm³/mol. The van der Waals surface area contributed by atoms with Crippen LogP contribution >= 0.6 is 35.2 Å². The van der Waals surface area contributed by atoms with Gasteiger partial charge in [-0.05, 0) is 25.5 Å². The van der Waals surface area contributed by atoms with Gasteiger partial charge in [0.1, 0.15) is 10.5 Å². The monoisotopic (exact) mass is 284 g/mol. The summed E-state index contributed by atoms with van der Waals surface area (Å²) in [7, 11) is 0. The molecule has 2 aromatic rings. The molecular weight excluding hydrogens is 272 g/mol. The third kappa shape index (κ3) is 2.76. The maximum Gasteiger partial charge on any atom is 0.133 e. The van der Waals surface area contributed by atoms with Gasteiger partial charge in [-0.15, -0.1) is 11.3 Å². The number of H-pyrrole nitrogens is 1. The van der Waals surface area contributed by atoms with E-state index in [2.05, 4.69) is 16.9 Å². The zero-order valence-electron chi connectivity index (χ0n) is 9.71. The first-order chi connectivity index (χ1) is 8.11. The molecule has 90 valence electrons. The van der Waals surface area contributed by atoms with E-state index in [1.165, 1.54) is 0 Å². The van der Waals surface area contributed by atoms with Gasteiger partial charge in [0.25, 0.3) is 0 Å². The molecule has 1 N–H and O–H groups in total. The van der Waals surface area contributed by atoms with Gasteiger partial charge in [0.2, 0.25) is 0 Å². The molecule has 0 aliphatic carbocycles. The minimum absolute atomic E-state index is 0.673. The van der Waals surface area contributed by atoms with Crippen LogP contribution in [0.5, 0.6) is 0 Å². The molecule has 0 fully saturated rings. The van der Waals surface area contributed by atoms with E-state index < -0.39 is 0 Å². The number of halogens is 1. The van der Waals surface area contributed by atoms with E-state index in [9.17, 15) is 0 Å². The van der Waals surface area contributed by atoms with Crippen molar-refractivity contribution in [3.63, 3.8) is 0 Å². The second-order valence-electron chi connectivity index (χ2n) is 3.84. The second-order valence-corrected chi connectivity index (χ2v) is 5.94. The summed E-state index contributed by atoms with van der Waals surface area (Å²) >= 11 is 12.8. The Labute approximate surface area is 115 Å². The van der Waals surface area contributed by atoms with Crippen molar-refractivity contribution < 1.29 is 0 Å². The van der Waals surface area contributed by atoms with Gasteiger partial charge in [0.05, 0.1) is 14.9 Å². The molecule has 5 heteroatoms. The van der Waals surface area contributed by atoms with Crippen molar-refractivity contribution in [2.45, 2.75) is 26.7 Å². The number of rotatable bonds is 3. The summed E-state index contributed by atoms with van der Waals surface area (Å²) in [4.78, 5) is 8.85. The first-order valence-corrected chi connectivity index (χ1v) is 7.07. The van der Waals surface area contributed by atoms with Gasteiger partial charge in [-0.1, -0.05) is 30.7 Å². The van der Waals surface area contributed by atoms with E-state index >= 15 is 0 Å². The first-order valence-electron chi connectivity index (χ1n) is 5.47. The summed E-state index contributed by atoms with van der Waals surface area (Å²) in [6.45, 7) is 4.12. The Bertz CT molecular complexity index is 586. The fourth-order valence-electron chi connectivity index (χ4n) is 1.63. The Morgan fingerprint density at radius 3 is 2.82 bits per heavy atom. The molecule has 0 aliphatic rings. The summed E-state index contributed by atoms with van der Waals surface area (Å²) in [5, 5.41) is 0. The molecule has 0 spiro atoms. The lowest BCUT2D eigenvalue weighted by Gasteiger charge is -2.07. The third-order valence-corrected chi connectivity index (χ3v) is 4.15. The van der Waals surface area contributed by atoms with Crippen molar-refractivity contribution in [1.82, 2.24) is 9.97 Å². The van der Waals surface area contributed by atoms with Gasteiger partial charge in [0.15, 0.2) is 0 Å². The molecule has 0 bridgehead atoms. The topological polar surface area (TPSA) is 28.7 Å². The molecule has 0 atom stereocenters. The number of nitrogens with one attached hydrogen (secondary N) is 1. The van der Waals surface area contributed by atoms with Crippen LogP contribution in [0.2, 0.25) is 4.34 Å². The summed E-state index contributed by atoms with van der Waals surface area (Å²) in [5.41, 5.74) is 2.06. The van der Waals surface area contributed by atoms with Crippen LogP contribution in [0.25, 0.3) is 10.6 Å². The Balaban J connectivity index is 2.56. The zero-order valence-corrected chi connectivity index (χ0v) is 12.1. The maximum atomic E-state index is 5.97. The Morgan fingerprint density at radius 1 is 1.47 bits per heavy atom. The highest BCUT2D eigenvalue weighted by atomic mass is 35.5. The molecule has 2 rings (SSSR count). The first kappa shape index (κ1) is 12.7. The van der Waals surface area contributed by atoms with E-state index in [0.29, 0.717) is 4.64 Å². The van der Waals surface area contributed by atoms with Gasteiger partial charge in [-0.3, -0.25) is 0 Å².